The van der Waals surface area contributed by atoms with Gasteiger partial charge in [0.25, 0.3) is 0 Å². The quantitative estimate of drug-likeness (QED) is 0.222. The number of allylic oxidation sites excluding steroid dienone is 1. The molecule has 168 valence electrons. The van der Waals surface area contributed by atoms with Crippen molar-refractivity contribution in [3.63, 3.8) is 0 Å². The summed E-state index contributed by atoms with van der Waals surface area (Å²) < 4.78 is 23.0. The first-order chi connectivity index (χ1) is 14.5. The maximum absolute atomic E-state index is 12.5. The first kappa shape index (κ1) is 23.0. The summed E-state index contributed by atoms with van der Waals surface area (Å²) in [4.78, 5) is 37.0. The van der Waals surface area contributed by atoms with Gasteiger partial charge in [-0.05, 0) is 46.3 Å². The van der Waals surface area contributed by atoms with E-state index in [1.54, 1.807) is 32.9 Å². The van der Waals surface area contributed by atoms with E-state index in [-0.39, 0.29) is 11.7 Å². The van der Waals surface area contributed by atoms with Crippen molar-refractivity contribution in [2.75, 3.05) is 0 Å². The van der Waals surface area contributed by atoms with E-state index in [9.17, 15) is 14.4 Å². The normalized spacial score (nSPS) is 36.9. The summed E-state index contributed by atoms with van der Waals surface area (Å²) in [7, 11) is 0. The number of fused-ring (bicyclic) bond motifs is 2. The Morgan fingerprint density at radius 2 is 1.94 bits per heavy atom. The van der Waals surface area contributed by atoms with Gasteiger partial charge in [-0.3, -0.25) is 0 Å². The second-order valence-corrected chi connectivity index (χ2v) is 8.78. The van der Waals surface area contributed by atoms with Gasteiger partial charge in [-0.25, -0.2) is 14.4 Å². The van der Waals surface area contributed by atoms with Crippen LogP contribution in [0, 0.1) is 5.92 Å². The maximum Gasteiger partial charge on any atom is 0.334 e. The summed E-state index contributed by atoms with van der Waals surface area (Å²) in [5.41, 5.74) is 1.16. The molecule has 0 N–H and O–H groups in total. The van der Waals surface area contributed by atoms with Crippen molar-refractivity contribution in [1.29, 1.82) is 0 Å². The van der Waals surface area contributed by atoms with Crippen molar-refractivity contribution in [1.82, 2.24) is 0 Å². The highest BCUT2D eigenvalue weighted by atomic mass is 16.6. The van der Waals surface area contributed by atoms with Gasteiger partial charge in [-0.15, -0.1) is 0 Å². The van der Waals surface area contributed by atoms with Gasteiger partial charge in [-0.2, -0.15) is 0 Å². The second-order valence-electron chi connectivity index (χ2n) is 8.78. The van der Waals surface area contributed by atoms with Crippen LogP contribution in [0.1, 0.15) is 47.5 Å². The summed E-state index contributed by atoms with van der Waals surface area (Å²) >= 11 is 0. The largest absolute Gasteiger partial charge is 0.458 e. The lowest BCUT2D eigenvalue weighted by atomic mass is 9.82. The standard InChI is InChI=1S/C24H30O7/c1-8-13(4)22(26)30-18-11-24(7)19(31-24)10-16(28-21(25)12(2)3)14(5)9-17-20(18)15(6)23(27)29-17/h8-9,16-20H,2,6,10-11H2,1,3-5,7H3/b13-8-,14-9-/t16-,17+,18+,19+,20-,24+/m0/s1. The molecule has 3 rings (SSSR count). The third-order valence-electron chi connectivity index (χ3n) is 6.28. The highest BCUT2D eigenvalue weighted by molar-refractivity contribution is 5.92. The van der Waals surface area contributed by atoms with E-state index in [1.165, 1.54) is 0 Å². The predicted molar refractivity (Wildman–Crippen MR) is 113 cm³/mol. The Labute approximate surface area is 182 Å². The van der Waals surface area contributed by atoms with Crippen molar-refractivity contribution in [2.45, 2.75) is 77.5 Å². The zero-order chi connectivity index (χ0) is 23.1. The molecule has 0 saturated carbocycles. The molecule has 7 heteroatoms. The van der Waals surface area contributed by atoms with Crippen LogP contribution in [0.25, 0.3) is 0 Å². The van der Waals surface area contributed by atoms with E-state index in [1.807, 2.05) is 13.8 Å². The summed E-state index contributed by atoms with van der Waals surface area (Å²) in [6, 6.07) is 0. The predicted octanol–water partition coefficient (Wildman–Crippen LogP) is 3.35. The van der Waals surface area contributed by atoms with E-state index < -0.39 is 47.7 Å². The highest BCUT2D eigenvalue weighted by Gasteiger charge is 2.58. The summed E-state index contributed by atoms with van der Waals surface area (Å²) in [6.45, 7) is 16.3. The summed E-state index contributed by atoms with van der Waals surface area (Å²) in [6.07, 6.45) is 2.16. The molecular formula is C24H30O7. The first-order valence-corrected chi connectivity index (χ1v) is 10.4. The van der Waals surface area contributed by atoms with Crippen molar-refractivity contribution in [3.8, 4) is 0 Å². The van der Waals surface area contributed by atoms with Gasteiger partial charge >= 0.3 is 17.9 Å². The fourth-order valence-corrected chi connectivity index (χ4v) is 4.06. The van der Waals surface area contributed by atoms with Crippen molar-refractivity contribution in [2.24, 2.45) is 5.92 Å². The lowest BCUT2D eigenvalue weighted by molar-refractivity contribution is -0.149. The van der Waals surface area contributed by atoms with Crippen molar-refractivity contribution in [3.05, 3.63) is 47.6 Å². The minimum atomic E-state index is -0.686. The van der Waals surface area contributed by atoms with Crippen LogP contribution in [-0.2, 0) is 33.3 Å². The molecule has 3 aliphatic rings. The number of hydrogen-bond donors (Lipinski definition) is 0. The maximum atomic E-state index is 12.5. The molecule has 0 bridgehead atoms. The molecule has 31 heavy (non-hydrogen) atoms. The monoisotopic (exact) mass is 430 g/mol. The molecule has 0 amide bonds. The molecular weight excluding hydrogens is 400 g/mol. The van der Waals surface area contributed by atoms with Gasteiger partial charge in [0.15, 0.2) is 0 Å². The van der Waals surface area contributed by atoms with Crippen LogP contribution in [0.3, 0.4) is 0 Å². The van der Waals surface area contributed by atoms with E-state index in [2.05, 4.69) is 13.2 Å². The molecule has 1 aliphatic carbocycles. The minimum Gasteiger partial charge on any atom is -0.458 e. The number of epoxide rings is 1. The molecule has 2 saturated heterocycles. The molecule has 7 nitrogen and oxygen atoms in total. The van der Waals surface area contributed by atoms with Gasteiger partial charge < -0.3 is 18.9 Å². The van der Waals surface area contributed by atoms with Gasteiger partial charge in [0.05, 0.1) is 17.6 Å². The number of rotatable bonds is 4. The van der Waals surface area contributed by atoms with Crippen LogP contribution >= 0.6 is 0 Å². The van der Waals surface area contributed by atoms with Crippen LogP contribution in [0.4, 0.5) is 0 Å². The Kier molecular flexibility index (Phi) is 6.28. The molecule has 0 aromatic rings. The fraction of sp³-hybridized carbons (Fsp3) is 0.542. The molecule has 0 aromatic heterocycles. The van der Waals surface area contributed by atoms with Gasteiger partial charge in [0.2, 0.25) is 0 Å². The molecule has 2 heterocycles. The Hall–Kier alpha value is -2.67. The van der Waals surface area contributed by atoms with Crippen molar-refractivity contribution >= 4 is 17.9 Å². The zero-order valence-corrected chi connectivity index (χ0v) is 18.7. The summed E-state index contributed by atoms with van der Waals surface area (Å²) in [5.74, 6) is -2.04. The first-order valence-electron chi connectivity index (χ1n) is 10.4. The van der Waals surface area contributed by atoms with Crippen LogP contribution in [0.5, 0.6) is 0 Å². The van der Waals surface area contributed by atoms with Crippen LogP contribution in [0.15, 0.2) is 47.6 Å². The number of hydrogen-bond acceptors (Lipinski definition) is 7. The number of carbonyl (C=O) groups is 3. The second kappa shape index (κ2) is 8.46. The van der Waals surface area contributed by atoms with Crippen LogP contribution < -0.4 is 0 Å². The molecule has 0 aromatic carbocycles. The van der Waals surface area contributed by atoms with Gasteiger partial charge in [0, 0.05) is 29.6 Å². The average molecular weight is 430 g/mol. The molecule has 0 radical (unpaired) electrons. The van der Waals surface area contributed by atoms with Crippen molar-refractivity contribution < 1.29 is 33.3 Å². The number of ether oxygens (including phenoxy) is 4. The third kappa shape index (κ3) is 4.66. The fourth-order valence-electron chi connectivity index (χ4n) is 4.06. The molecule has 2 aliphatic heterocycles. The highest BCUT2D eigenvalue weighted by Crippen LogP contribution is 2.48. The third-order valence-corrected chi connectivity index (χ3v) is 6.28. The average Bonchev–Trinajstić information content (AvgIpc) is 3.24. The van der Waals surface area contributed by atoms with E-state index >= 15 is 0 Å². The van der Waals surface area contributed by atoms with E-state index in [0.29, 0.717) is 24.0 Å². The zero-order valence-electron chi connectivity index (χ0n) is 18.7. The lowest BCUT2D eigenvalue weighted by Gasteiger charge is -2.29. The minimum absolute atomic E-state index is 0.189. The smallest absolute Gasteiger partial charge is 0.334 e. The SMILES string of the molecule is C=C(C)C(=O)O[C@H]1C[C@H]2O[C@]2(C)C[C@@H](OC(=O)/C(C)=C\C)[C@H]2C(=C)C(=O)O[C@@H]2/C=C\1C. The topological polar surface area (TPSA) is 91.4 Å². The molecule has 0 spiro atoms. The molecule has 6 atom stereocenters. The Bertz CT molecular complexity index is 896. The van der Waals surface area contributed by atoms with Crippen LogP contribution in [0.2, 0.25) is 0 Å². The Balaban J connectivity index is 1.98. The summed E-state index contributed by atoms with van der Waals surface area (Å²) in [5, 5.41) is 0. The number of esters is 3. The van der Waals surface area contributed by atoms with E-state index in [0.717, 1.165) is 5.57 Å². The van der Waals surface area contributed by atoms with Gasteiger partial charge in [-0.1, -0.05) is 19.2 Å². The Morgan fingerprint density at radius 3 is 2.55 bits per heavy atom. The Morgan fingerprint density at radius 1 is 1.26 bits per heavy atom. The molecule has 0 unspecified atom stereocenters. The molecule has 2 fully saturated rings. The van der Waals surface area contributed by atoms with Crippen LogP contribution in [-0.4, -0.2) is 47.9 Å². The van der Waals surface area contributed by atoms with E-state index in [4.69, 9.17) is 18.9 Å². The lowest BCUT2D eigenvalue weighted by Crippen LogP contribution is -2.38. The van der Waals surface area contributed by atoms with Gasteiger partial charge in [0.1, 0.15) is 18.3 Å². The number of carbonyl (C=O) groups excluding carboxylic acids is 3.